The number of aromatic nitrogens is 3. The van der Waals surface area contributed by atoms with E-state index < -0.39 is 0 Å². The summed E-state index contributed by atoms with van der Waals surface area (Å²) in [6.45, 7) is 3.49. The van der Waals surface area contributed by atoms with E-state index in [1.165, 1.54) is 0 Å². The Hall–Kier alpha value is -1.62. The van der Waals surface area contributed by atoms with Crippen LogP contribution >= 0.6 is 0 Å². The van der Waals surface area contributed by atoms with Gasteiger partial charge in [0.05, 0.1) is 11.8 Å². The van der Waals surface area contributed by atoms with Crippen molar-refractivity contribution in [2.45, 2.75) is 19.4 Å². The van der Waals surface area contributed by atoms with Crippen molar-refractivity contribution in [2.75, 3.05) is 18.0 Å². The van der Waals surface area contributed by atoms with E-state index in [0.717, 1.165) is 30.0 Å². The first-order chi connectivity index (χ1) is 7.74. The first kappa shape index (κ1) is 9.59. The molecule has 1 atom stereocenters. The number of aryl methyl sites for hydroxylation is 1. The summed E-state index contributed by atoms with van der Waals surface area (Å²) in [5.74, 6) is 0.916. The number of hydrogen-bond donors (Lipinski definition) is 1. The van der Waals surface area contributed by atoms with Gasteiger partial charge in [-0.15, -0.1) is 0 Å². The zero-order valence-corrected chi connectivity index (χ0v) is 9.17. The molecule has 5 nitrogen and oxygen atoms in total. The zero-order chi connectivity index (χ0) is 11.1. The average Bonchev–Trinajstić information content (AvgIpc) is 2.82. The summed E-state index contributed by atoms with van der Waals surface area (Å²) < 4.78 is 1.84. The molecule has 2 aromatic rings. The highest BCUT2D eigenvalue weighted by atomic mass is 16.3. The van der Waals surface area contributed by atoms with Crippen molar-refractivity contribution in [3.63, 3.8) is 0 Å². The third-order valence-electron chi connectivity index (χ3n) is 2.95. The molecule has 0 spiro atoms. The second-order valence-corrected chi connectivity index (χ2v) is 4.25. The van der Waals surface area contributed by atoms with Crippen molar-refractivity contribution < 1.29 is 5.11 Å². The van der Waals surface area contributed by atoms with E-state index in [1.807, 2.05) is 23.7 Å². The fourth-order valence-electron chi connectivity index (χ4n) is 2.21. The highest BCUT2D eigenvalue weighted by Gasteiger charge is 2.23. The first-order valence-electron chi connectivity index (χ1n) is 5.48. The van der Waals surface area contributed by atoms with Crippen LogP contribution in [0.3, 0.4) is 0 Å². The molecule has 0 aliphatic carbocycles. The second kappa shape index (κ2) is 3.45. The van der Waals surface area contributed by atoms with E-state index in [4.69, 9.17) is 0 Å². The molecule has 1 fully saturated rings. The summed E-state index contributed by atoms with van der Waals surface area (Å²) in [6.07, 6.45) is 4.18. The van der Waals surface area contributed by atoms with Gasteiger partial charge in [-0.05, 0) is 19.4 Å². The Balaban J connectivity index is 2.09. The van der Waals surface area contributed by atoms with Gasteiger partial charge in [0.1, 0.15) is 5.52 Å². The van der Waals surface area contributed by atoms with E-state index in [1.54, 1.807) is 6.20 Å². The fraction of sp³-hybridized carbons (Fsp3) is 0.455. The Bertz CT molecular complexity index is 522. The van der Waals surface area contributed by atoms with Gasteiger partial charge < -0.3 is 10.0 Å². The smallest absolute Gasteiger partial charge is 0.154 e. The molecule has 0 saturated carbocycles. The number of anilines is 1. The Labute approximate surface area is 93.3 Å². The van der Waals surface area contributed by atoms with Crippen molar-refractivity contribution in [1.29, 1.82) is 0 Å². The molecule has 3 heterocycles. The van der Waals surface area contributed by atoms with E-state index in [0.29, 0.717) is 6.54 Å². The lowest BCUT2D eigenvalue weighted by Crippen LogP contribution is -2.22. The third kappa shape index (κ3) is 1.44. The summed E-state index contributed by atoms with van der Waals surface area (Å²) in [7, 11) is 0. The molecule has 0 unspecified atom stereocenters. The van der Waals surface area contributed by atoms with Gasteiger partial charge in [0, 0.05) is 25.5 Å². The SMILES string of the molecule is Cc1cc2c(N3CC[C@@H](O)C3)nccn2n1. The molecular weight excluding hydrogens is 204 g/mol. The summed E-state index contributed by atoms with van der Waals surface area (Å²) in [5.41, 5.74) is 1.99. The van der Waals surface area contributed by atoms with Crippen molar-refractivity contribution in [1.82, 2.24) is 14.6 Å². The van der Waals surface area contributed by atoms with Gasteiger partial charge in [-0.3, -0.25) is 0 Å². The zero-order valence-electron chi connectivity index (χ0n) is 9.17. The largest absolute Gasteiger partial charge is 0.391 e. The molecule has 5 heteroatoms. The van der Waals surface area contributed by atoms with Crippen LogP contribution in [-0.4, -0.2) is 38.9 Å². The van der Waals surface area contributed by atoms with Crippen LogP contribution in [-0.2, 0) is 0 Å². The van der Waals surface area contributed by atoms with Crippen LogP contribution in [0, 0.1) is 6.92 Å². The summed E-state index contributed by atoms with van der Waals surface area (Å²) in [5, 5.41) is 13.9. The predicted octanol–water partition coefficient (Wildman–Crippen LogP) is 0.609. The van der Waals surface area contributed by atoms with Crippen LogP contribution in [0.4, 0.5) is 5.82 Å². The average molecular weight is 218 g/mol. The lowest BCUT2D eigenvalue weighted by Gasteiger charge is -2.16. The molecule has 0 amide bonds. The summed E-state index contributed by atoms with van der Waals surface area (Å²) in [4.78, 5) is 6.50. The number of rotatable bonds is 1. The topological polar surface area (TPSA) is 53.7 Å². The molecule has 1 saturated heterocycles. The first-order valence-corrected chi connectivity index (χ1v) is 5.48. The van der Waals surface area contributed by atoms with Crippen LogP contribution in [0.15, 0.2) is 18.5 Å². The molecule has 1 aliphatic rings. The Kier molecular flexibility index (Phi) is 2.07. The number of fused-ring (bicyclic) bond motifs is 1. The normalized spacial score (nSPS) is 20.9. The predicted molar refractivity (Wildman–Crippen MR) is 60.6 cm³/mol. The van der Waals surface area contributed by atoms with Gasteiger partial charge in [-0.2, -0.15) is 5.10 Å². The van der Waals surface area contributed by atoms with Gasteiger partial charge in [-0.25, -0.2) is 9.50 Å². The minimum absolute atomic E-state index is 0.230. The van der Waals surface area contributed by atoms with E-state index >= 15 is 0 Å². The molecule has 0 radical (unpaired) electrons. The van der Waals surface area contributed by atoms with Crippen molar-refractivity contribution in [2.24, 2.45) is 0 Å². The lowest BCUT2D eigenvalue weighted by molar-refractivity contribution is 0.198. The highest BCUT2D eigenvalue weighted by molar-refractivity contribution is 5.69. The molecule has 3 rings (SSSR count). The Morgan fingerprint density at radius 3 is 3.12 bits per heavy atom. The molecule has 16 heavy (non-hydrogen) atoms. The van der Waals surface area contributed by atoms with Crippen molar-refractivity contribution in [3.05, 3.63) is 24.2 Å². The van der Waals surface area contributed by atoms with E-state index in [2.05, 4.69) is 15.0 Å². The molecule has 1 N–H and O–H groups in total. The van der Waals surface area contributed by atoms with Gasteiger partial charge in [0.25, 0.3) is 0 Å². The maximum absolute atomic E-state index is 9.55. The van der Waals surface area contributed by atoms with Crippen molar-refractivity contribution >= 4 is 11.3 Å². The fourth-order valence-corrected chi connectivity index (χ4v) is 2.21. The van der Waals surface area contributed by atoms with Gasteiger partial charge in [0.15, 0.2) is 5.82 Å². The van der Waals surface area contributed by atoms with Crippen LogP contribution in [0.1, 0.15) is 12.1 Å². The molecule has 0 aromatic carbocycles. The van der Waals surface area contributed by atoms with Gasteiger partial charge in [-0.1, -0.05) is 0 Å². The van der Waals surface area contributed by atoms with Crippen LogP contribution < -0.4 is 4.90 Å². The minimum atomic E-state index is -0.230. The number of β-amino-alcohol motifs (C(OH)–C–C–N with tert-alkyl or cyclic N) is 1. The molecule has 0 bridgehead atoms. The molecule has 84 valence electrons. The standard InChI is InChI=1S/C11H14N4O/c1-8-6-10-11(12-3-5-15(10)13-8)14-4-2-9(16)7-14/h3,5-6,9,16H,2,4,7H2,1H3/t9-/m1/s1. The molecule has 1 aliphatic heterocycles. The van der Waals surface area contributed by atoms with Gasteiger partial charge >= 0.3 is 0 Å². The molecular formula is C11H14N4O. The maximum Gasteiger partial charge on any atom is 0.154 e. The summed E-state index contributed by atoms with van der Waals surface area (Å²) >= 11 is 0. The van der Waals surface area contributed by atoms with Crippen LogP contribution in [0.5, 0.6) is 0 Å². The monoisotopic (exact) mass is 218 g/mol. The maximum atomic E-state index is 9.55. The van der Waals surface area contributed by atoms with Crippen LogP contribution in [0.25, 0.3) is 5.52 Å². The third-order valence-corrected chi connectivity index (χ3v) is 2.95. The molecule has 2 aromatic heterocycles. The number of aliphatic hydroxyl groups is 1. The Morgan fingerprint density at radius 2 is 2.38 bits per heavy atom. The van der Waals surface area contributed by atoms with Gasteiger partial charge in [0.2, 0.25) is 0 Å². The number of hydrogen-bond acceptors (Lipinski definition) is 4. The Morgan fingerprint density at radius 1 is 1.50 bits per heavy atom. The van der Waals surface area contributed by atoms with Crippen molar-refractivity contribution in [3.8, 4) is 0 Å². The minimum Gasteiger partial charge on any atom is -0.391 e. The number of nitrogens with zero attached hydrogens (tertiary/aromatic N) is 4. The quantitative estimate of drug-likeness (QED) is 0.762. The van der Waals surface area contributed by atoms with E-state index in [-0.39, 0.29) is 6.10 Å². The highest BCUT2D eigenvalue weighted by Crippen LogP contribution is 2.23. The number of aliphatic hydroxyl groups excluding tert-OH is 1. The lowest BCUT2D eigenvalue weighted by atomic mass is 10.3. The van der Waals surface area contributed by atoms with Crippen LogP contribution in [0.2, 0.25) is 0 Å². The summed E-state index contributed by atoms with van der Waals surface area (Å²) in [6, 6.07) is 2.02. The second-order valence-electron chi connectivity index (χ2n) is 4.25. The van der Waals surface area contributed by atoms with E-state index in [9.17, 15) is 5.11 Å².